The SMILES string of the molecule is Cc1ccc2oc3c(c(=O)c2c1)C(c1ccc([N+](=O)[O-])cc1)N(CCN1CCOCC1)C3=O. The van der Waals surface area contributed by atoms with Crippen LogP contribution in [0.15, 0.2) is 51.7 Å². The molecule has 9 heteroatoms. The van der Waals surface area contributed by atoms with Gasteiger partial charge in [-0.1, -0.05) is 11.6 Å². The van der Waals surface area contributed by atoms with Crippen LogP contribution in [0, 0.1) is 17.0 Å². The zero-order chi connectivity index (χ0) is 23.1. The van der Waals surface area contributed by atoms with Gasteiger partial charge in [-0.2, -0.15) is 0 Å². The summed E-state index contributed by atoms with van der Waals surface area (Å²) in [5, 5.41) is 11.5. The number of carbonyl (C=O) groups is 1. The Morgan fingerprint density at radius 1 is 1.06 bits per heavy atom. The highest BCUT2D eigenvalue weighted by Gasteiger charge is 2.42. The van der Waals surface area contributed by atoms with E-state index in [9.17, 15) is 19.7 Å². The van der Waals surface area contributed by atoms with Crippen LogP contribution in [0.4, 0.5) is 5.69 Å². The highest BCUT2D eigenvalue weighted by Crippen LogP contribution is 2.38. The number of aryl methyl sites for hydroxylation is 1. The van der Waals surface area contributed by atoms with Crippen LogP contribution in [0.5, 0.6) is 0 Å². The number of morpholine rings is 1. The number of hydrogen-bond donors (Lipinski definition) is 0. The number of ether oxygens (including phenoxy) is 1. The summed E-state index contributed by atoms with van der Waals surface area (Å²) in [4.78, 5) is 41.5. The van der Waals surface area contributed by atoms with Crippen molar-refractivity contribution in [2.45, 2.75) is 13.0 Å². The summed E-state index contributed by atoms with van der Waals surface area (Å²) in [5.41, 5.74) is 1.90. The van der Waals surface area contributed by atoms with Crippen LogP contribution in [0.2, 0.25) is 0 Å². The molecule has 0 aliphatic carbocycles. The van der Waals surface area contributed by atoms with Crippen molar-refractivity contribution in [2.75, 3.05) is 39.4 Å². The number of amides is 1. The predicted octanol–water partition coefficient (Wildman–Crippen LogP) is 2.89. The van der Waals surface area contributed by atoms with Gasteiger partial charge in [-0.15, -0.1) is 0 Å². The van der Waals surface area contributed by atoms with Crippen LogP contribution in [0.1, 0.15) is 33.3 Å². The molecule has 5 rings (SSSR count). The molecule has 2 aromatic carbocycles. The minimum atomic E-state index is -0.671. The summed E-state index contributed by atoms with van der Waals surface area (Å²) in [6.45, 7) is 5.74. The molecule has 1 atom stereocenters. The molecule has 0 bridgehead atoms. The molecule has 170 valence electrons. The van der Waals surface area contributed by atoms with E-state index in [0.29, 0.717) is 42.8 Å². The van der Waals surface area contributed by atoms with Crippen molar-refractivity contribution in [1.29, 1.82) is 0 Å². The Morgan fingerprint density at radius 3 is 2.48 bits per heavy atom. The Kier molecular flexibility index (Phi) is 5.43. The van der Waals surface area contributed by atoms with Crippen LogP contribution in [0.3, 0.4) is 0 Å². The summed E-state index contributed by atoms with van der Waals surface area (Å²) in [7, 11) is 0. The highest BCUT2D eigenvalue weighted by molar-refractivity contribution is 5.99. The summed E-state index contributed by atoms with van der Waals surface area (Å²) in [6.07, 6.45) is 0. The molecule has 0 spiro atoms. The monoisotopic (exact) mass is 449 g/mol. The fourth-order valence-electron chi connectivity index (χ4n) is 4.56. The van der Waals surface area contributed by atoms with Crippen LogP contribution in [-0.4, -0.2) is 60.0 Å². The van der Waals surface area contributed by atoms with E-state index in [1.54, 1.807) is 29.2 Å². The second-order valence-corrected chi connectivity index (χ2v) is 8.38. The van der Waals surface area contributed by atoms with E-state index in [1.807, 2.05) is 13.0 Å². The Morgan fingerprint density at radius 2 is 1.79 bits per heavy atom. The number of carbonyl (C=O) groups excluding carboxylic acids is 1. The topological polar surface area (TPSA) is 106 Å². The maximum Gasteiger partial charge on any atom is 0.290 e. The van der Waals surface area contributed by atoms with Gasteiger partial charge in [0, 0.05) is 38.3 Å². The van der Waals surface area contributed by atoms with Gasteiger partial charge in [0.2, 0.25) is 5.76 Å². The smallest absolute Gasteiger partial charge is 0.290 e. The normalized spacial score (nSPS) is 18.6. The first-order valence-electron chi connectivity index (χ1n) is 10.9. The molecule has 0 N–H and O–H groups in total. The zero-order valence-corrected chi connectivity index (χ0v) is 18.2. The van der Waals surface area contributed by atoms with E-state index in [2.05, 4.69) is 4.90 Å². The maximum atomic E-state index is 13.6. The van der Waals surface area contributed by atoms with Crippen LogP contribution < -0.4 is 5.43 Å². The summed E-state index contributed by atoms with van der Waals surface area (Å²) in [5.74, 6) is -0.303. The van der Waals surface area contributed by atoms with Gasteiger partial charge < -0.3 is 14.1 Å². The number of rotatable bonds is 5. The molecule has 0 radical (unpaired) electrons. The van der Waals surface area contributed by atoms with E-state index in [-0.39, 0.29) is 28.3 Å². The fourth-order valence-corrected chi connectivity index (χ4v) is 4.56. The number of hydrogen-bond acceptors (Lipinski definition) is 7. The Bertz CT molecular complexity index is 1290. The van der Waals surface area contributed by atoms with Crippen molar-refractivity contribution < 1.29 is 18.9 Å². The molecule has 2 aliphatic rings. The Labute approximate surface area is 189 Å². The molecule has 3 heterocycles. The minimum absolute atomic E-state index is 0.0432. The van der Waals surface area contributed by atoms with Gasteiger partial charge in [-0.25, -0.2) is 0 Å². The molecule has 1 amide bonds. The van der Waals surface area contributed by atoms with E-state index in [4.69, 9.17) is 9.15 Å². The quantitative estimate of drug-likeness (QED) is 0.435. The molecule has 0 saturated carbocycles. The van der Waals surface area contributed by atoms with Crippen molar-refractivity contribution in [3.63, 3.8) is 0 Å². The van der Waals surface area contributed by atoms with Gasteiger partial charge >= 0.3 is 0 Å². The van der Waals surface area contributed by atoms with Gasteiger partial charge in [0.1, 0.15) is 5.58 Å². The third kappa shape index (κ3) is 3.79. The van der Waals surface area contributed by atoms with E-state index < -0.39 is 11.0 Å². The lowest BCUT2D eigenvalue weighted by molar-refractivity contribution is -0.384. The highest BCUT2D eigenvalue weighted by atomic mass is 16.6. The molecule has 1 unspecified atom stereocenters. The molecular weight excluding hydrogens is 426 g/mol. The van der Waals surface area contributed by atoms with Gasteiger partial charge in [0.05, 0.1) is 35.1 Å². The number of nitro benzene ring substituents is 1. The third-order valence-corrected chi connectivity index (χ3v) is 6.30. The van der Waals surface area contributed by atoms with Gasteiger partial charge in [0.25, 0.3) is 11.6 Å². The number of non-ortho nitro benzene ring substituents is 1. The molecule has 1 fully saturated rings. The van der Waals surface area contributed by atoms with Crippen molar-refractivity contribution in [3.8, 4) is 0 Å². The van der Waals surface area contributed by atoms with Crippen molar-refractivity contribution in [1.82, 2.24) is 9.80 Å². The second-order valence-electron chi connectivity index (χ2n) is 8.38. The molecule has 3 aromatic rings. The van der Waals surface area contributed by atoms with Crippen LogP contribution in [-0.2, 0) is 4.74 Å². The lowest BCUT2D eigenvalue weighted by Gasteiger charge is -2.31. The van der Waals surface area contributed by atoms with E-state index in [1.165, 1.54) is 12.1 Å². The Hall–Kier alpha value is -3.56. The number of nitrogens with zero attached hydrogens (tertiary/aromatic N) is 3. The molecule has 33 heavy (non-hydrogen) atoms. The second kappa shape index (κ2) is 8.42. The summed E-state index contributed by atoms with van der Waals surface area (Å²) < 4.78 is 11.4. The number of fused-ring (bicyclic) bond motifs is 2. The van der Waals surface area contributed by atoms with E-state index in [0.717, 1.165) is 18.7 Å². The van der Waals surface area contributed by atoms with Crippen molar-refractivity contribution in [3.05, 3.63) is 85.3 Å². The summed E-state index contributed by atoms with van der Waals surface area (Å²) >= 11 is 0. The van der Waals surface area contributed by atoms with Gasteiger partial charge in [0.15, 0.2) is 5.43 Å². The minimum Gasteiger partial charge on any atom is -0.450 e. The Balaban J connectivity index is 1.60. The molecule has 9 nitrogen and oxygen atoms in total. The third-order valence-electron chi connectivity index (χ3n) is 6.30. The van der Waals surface area contributed by atoms with Crippen molar-refractivity contribution >= 4 is 22.6 Å². The lowest BCUT2D eigenvalue weighted by Crippen LogP contribution is -2.42. The molecular formula is C24H23N3O6. The first kappa shape index (κ1) is 21.3. The predicted molar refractivity (Wildman–Crippen MR) is 120 cm³/mol. The zero-order valence-electron chi connectivity index (χ0n) is 18.2. The first-order valence-corrected chi connectivity index (χ1v) is 10.9. The largest absolute Gasteiger partial charge is 0.450 e. The van der Waals surface area contributed by atoms with Crippen molar-refractivity contribution in [2.24, 2.45) is 0 Å². The van der Waals surface area contributed by atoms with Crippen LogP contribution >= 0.6 is 0 Å². The fraction of sp³-hybridized carbons (Fsp3) is 0.333. The molecule has 1 saturated heterocycles. The van der Waals surface area contributed by atoms with Gasteiger partial charge in [-0.3, -0.25) is 24.6 Å². The van der Waals surface area contributed by atoms with Crippen LogP contribution in [0.25, 0.3) is 11.0 Å². The average molecular weight is 449 g/mol. The number of nitro groups is 1. The van der Waals surface area contributed by atoms with Gasteiger partial charge in [-0.05, 0) is 36.8 Å². The summed E-state index contributed by atoms with van der Waals surface area (Å²) in [6, 6.07) is 10.6. The lowest BCUT2D eigenvalue weighted by atomic mass is 9.98. The molecule has 2 aliphatic heterocycles. The molecule has 1 aromatic heterocycles. The van der Waals surface area contributed by atoms with E-state index >= 15 is 0 Å². The standard InChI is InChI=1S/C24H23N3O6/c1-15-2-7-19-18(14-15)22(28)20-21(16-3-5-17(6-4-16)27(30)31)26(24(29)23(20)33-19)9-8-25-10-12-32-13-11-25/h2-7,14,21H,8-13H2,1H3. The first-order chi connectivity index (χ1) is 15.9. The maximum absolute atomic E-state index is 13.6. The number of benzene rings is 2. The average Bonchev–Trinajstić information content (AvgIpc) is 3.10.